The summed E-state index contributed by atoms with van der Waals surface area (Å²) in [7, 11) is 0. The zero-order valence-electron chi connectivity index (χ0n) is 10.7. The summed E-state index contributed by atoms with van der Waals surface area (Å²) in [6.07, 6.45) is 6.25. The van der Waals surface area contributed by atoms with Crippen LogP contribution in [-0.4, -0.2) is 24.1 Å². The van der Waals surface area contributed by atoms with Gasteiger partial charge in [-0.25, -0.2) is 0 Å². The van der Waals surface area contributed by atoms with Gasteiger partial charge < -0.3 is 9.47 Å². The molecule has 1 aromatic rings. The molecule has 0 bridgehead atoms. The largest absolute Gasteiger partial charge is 0.491 e. The van der Waals surface area contributed by atoms with E-state index >= 15 is 0 Å². The number of alkyl halides is 1. The molecule has 1 aliphatic rings. The molecule has 100 valence electrons. The van der Waals surface area contributed by atoms with Crippen molar-refractivity contribution >= 4 is 15.9 Å². The zero-order valence-corrected chi connectivity index (χ0v) is 12.3. The lowest BCUT2D eigenvalue weighted by atomic mass is 9.86. The van der Waals surface area contributed by atoms with Crippen LogP contribution in [0.4, 0.5) is 0 Å². The molecule has 0 spiro atoms. The summed E-state index contributed by atoms with van der Waals surface area (Å²) in [5, 5.41) is 0.936. The standard InChI is InChI=1S/C15H21BrO2/c16-13-15(9-5-2-6-10-15)18-12-11-17-14-7-3-1-4-8-14/h1,3-4,7-8H,2,5-6,9-13H2. The predicted molar refractivity (Wildman–Crippen MR) is 77.5 cm³/mol. The predicted octanol–water partition coefficient (Wildman–Crippen LogP) is 4.18. The Morgan fingerprint density at radius 3 is 2.39 bits per heavy atom. The van der Waals surface area contributed by atoms with E-state index in [0.717, 1.165) is 11.1 Å². The van der Waals surface area contributed by atoms with E-state index in [2.05, 4.69) is 15.9 Å². The lowest BCUT2D eigenvalue weighted by Crippen LogP contribution is -2.38. The molecule has 0 atom stereocenters. The first-order chi connectivity index (χ1) is 8.85. The molecule has 18 heavy (non-hydrogen) atoms. The van der Waals surface area contributed by atoms with Gasteiger partial charge in [0, 0.05) is 5.33 Å². The van der Waals surface area contributed by atoms with Crippen LogP contribution in [0.2, 0.25) is 0 Å². The van der Waals surface area contributed by atoms with Crippen LogP contribution < -0.4 is 4.74 Å². The van der Waals surface area contributed by atoms with Crippen LogP contribution in [0.15, 0.2) is 30.3 Å². The summed E-state index contributed by atoms with van der Waals surface area (Å²) in [4.78, 5) is 0. The van der Waals surface area contributed by atoms with Gasteiger partial charge in [0.2, 0.25) is 0 Å². The molecule has 1 saturated carbocycles. The van der Waals surface area contributed by atoms with E-state index in [1.54, 1.807) is 0 Å². The Hall–Kier alpha value is -0.540. The van der Waals surface area contributed by atoms with Gasteiger partial charge in [0.1, 0.15) is 12.4 Å². The van der Waals surface area contributed by atoms with E-state index < -0.39 is 0 Å². The first-order valence-corrected chi connectivity index (χ1v) is 7.85. The first-order valence-electron chi connectivity index (χ1n) is 6.72. The third kappa shape index (κ3) is 3.99. The van der Waals surface area contributed by atoms with E-state index in [4.69, 9.17) is 9.47 Å². The third-order valence-corrected chi connectivity index (χ3v) is 4.53. The van der Waals surface area contributed by atoms with Crippen molar-refractivity contribution in [2.75, 3.05) is 18.5 Å². The van der Waals surface area contributed by atoms with E-state index in [0.29, 0.717) is 13.2 Å². The number of hydrogen-bond donors (Lipinski definition) is 0. The summed E-state index contributed by atoms with van der Waals surface area (Å²) >= 11 is 3.60. The Morgan fingerprint density at radius 1 is 1.00 bits per heavy atom. The van der Waals surface area contributed by atoms with Crippen molar-refractivity contribution in [3.05, 3.63) is 30.3 Å². The lowest BCUT2D eigenvalue weighted by molar-refractivity contribution is -0.0603. The minimum atomic E-state index is 0.0539. The van der Waals surface area contributed by atoms with Crippen molar-refractivity contribution in [1.29, 1.82) is 0 Å². The van der Waals surface area contributed by atoms with Crippen LogP contribution in [0.3, 0.4) is 0 Å². The van der Waals surface area contributed by atoms with Crippen LogP contribution in [0.1, 0.15) is 32.1 Å². The fourth-order valence-corrected chi connectivity index (χ4v) is 3.17. The van der Waals surface area contributed by atoms with Gasteiger partial charge in [-0.05, 0) is 25.0 Å². The minimum Gasteiger partial charge on any atom is -0.491 e. The fourth-order valence-electron chi connectivity index (χ4n) is 2.45. The normalized spacial score (nSPS) is 18.5. The summed E-state index contributed by atoms with van der Waals surface area (Å²) in [5.41, 5.74) is 0.0539. The quantitative estimate of drug-likeness (QED) is 0.579. The minimum absolute atomic E-state index is 0.0539. The molecule has 3 heteroatoms. The van der Waals surface area contributed by atoms with Gasteiger partial charge in [-0.2, -0.15) is 0 Å². The second-order valence-electron chi connectivity index (χ2n) is 4.89. The summed E-state index contributed by atoms with van der Waals surface area (Å²) in [6.45, 7) is 1.29. The molecule has 0 heterocycles. The SMILES string of the molecule is BrCC1(OCCOc2ccccc2)CCCCC1. The third-order valence-electron chi connectivity index (χ3n) is 3.51. The molecule has 0 N–H and O–H groups in total. The molecular formula is C15H21BrO2. The molecule has 1 aromatic carbocycles. The molecule has 0 amide bonds. The number of rotatable bonds is 6. The second-order valence-corrected chi connectivity index (χ2v) is 5.45. The average Bonchev–Trinajstić information content (AvgIpc) is 2.46. The van der Waals surface area contributed by atoms with Crippen molar-refractivity contribution in [3.63, 3.8) is 0 Å². The second kappa shape index (κ2) is 7.15. The van der Waals surface area contributed by atoms with E-state index in [-0.39, 0.29) is 5.60 Å². The van der Waals surface area contributed by atoms with Crippen molar-refractivity contribution < 1.29 is 9.47 Å². The Balaban J connectivity index is 1.71. The molecule has 0 aromatic heterocycles. The number of benzene rings is 1. The number of para-hydroxylation sites is 1. The zero-order chi connectivity index (χ0) is 12.7. The molecule has 2 nitrogen and oxygen atoms in total. The monoisotopic (exact) mass is 312 g/mol. The maximum atomic E-state index is 6.07. The van der Waals surface area contributed by atoms with Gasteiger partial charge in [0.25, 0.3) is 0 Å². The van der Waals surface area contributed by atoms with Gasteiger partial charge in [0.05, 0.1) is 12.2 Å². The van der Waals surface area contributed by atoms with Gasteiger partial charge in [-0.1, -0.05) is 53.4 Å². The smallest absolute Gasteiger partial charge is 0.119 e. The topological polar surface area (TPSA) is 18.5 Å². The van der Waals surface area contributed by atoms with Gasteiger partial charge in [-0.3, -0.25) is 0 Å². The van der Waals surface area contributed by atoms with Crippen LogP contribution >= 0.6 is 15.9 Å². The molecule has 1 fully saturated rings. The van der Waals surface area contributed by atoms with E-state index in [9.17, 15) is 0 Å². The van der Waals surface area contributed by atoms with Crippen LogP contribution in [0, 0.1) is 0 Å². The Kier molecular flexibility index (Phi) is 5.51. The highest BCUT2D eigenvalue weighted by Gasteiger charge is 2.31. The highest BCUT2D eigenvalue weighted by atomic mass is 79.9. The van der Waals surface area contributed by atoms with Gasteiger partial charge >= 0.3 is 0 Å². The average molecular weight is 313 g/mol. The van der Waals surface area contributed by atoms with Crippen molar-refractivity contribution in [2.24, 2.45) is 0 Å². The number of halogens is 1. The highest BCUT2D eigenvalue weighted by Crippen LogP contribution is 2.33. The van der Waals surface area contributed by atoms with Crippen molar-refractivity contribution in [2.45, 2.75) is 37.7 Å². The Bertz CT molecular complexity index is 334. The van der Waals surface area contributed by atoms with Crippen LogP contribution in [0.5, 0.6) is 5.75 Å². The first kappa shape index (κ1) is 13.9. The maximum absolute atomic E-state index is 6.07. The summed E-state index contributed by atoms with van der Waals surface area (Å²) in [6, 6.07) is 9.90. The van der Waals surface area contributed by atoms with Gasteiger partial charge in [-0.15, -0.1) is 0 Å². The fraction of sp³-hybridized carbons (Fsp3) is 0.600. The number of ether oxygens (including phenoxy) is 2. The lowest BCUT2D eigenvalue weighted by Gasteiger charge is -2.35. The van der Waals surface area contributed by atoms with E-state index in [1.807, 2.05) is 30.3 Å². The highest BCUT2D eigenvalue weighted by molar-refractivity contribution is 9.09. The molecular weight excluding hydrogens is 292 g/mol. The van der Waals surface area contributed by atoms with Crippen molar-refractivity contribution in [3.8, 4) is 5.75 Å². The van der Waals surface area contributed by atoms with Crippen molar-refractivity contribution in [1.82, 2.24) is 0 Å². The number of hydrogen-bond acceptors (Lipinski definition) is 2. The molecule has 0 saturated heterocycles. The Morgan fingerprint density at radius 2 is 1.72 bits per heavy atom. The Labute approximate surface area is 118 Å². The van der Waals surface area contributed by atoms with Gasteiger partial charge in [0.15, 0.2) is 0 Å². The molecule has 1 aliphatic carbocycles. The van der Waals surface area contributed by atoms with Crippen LogP contribution in [-0.2, 0) is 4.74 Å². The van der Waals surface area contributed by atoms with E-state index in [1.165, 1.54) is 32.1 Å². The molecule has 2 rings (SSSR count). The molecule has 0 unspecified atom stereocenters. The molecule has 0 radical (unpaired) electrons. The maximum Gasteiger partial charge on any atom is 0.119 e. The summed E-state index contributed by atoms with van der Waals surface area (Å²) in [5.74, 6) is 0.914. The summed E-state index contributed by atoms with van der Waals surface area (Å²) < 4.78 is 11.7. The van der Waals surface area contributed by atoms with Crippen LogP contribution in [0.25, 0.3) is 0 Å². The molecule has 0 aliphatic heterocycles.